The minimum atomic E-state index is -0.0423. The lowest BCUT2D eigenvalue weighted by Crippen LogP contribution is -2.14. The number of benzene rings is 1. The van der Waals surface area contributed by atoms with Crippen LogP contribution in [0.2, 0.25) is 5.02 Å². The summed E-state index contributed by atoms with van der Waals surface area (Å²) in [6, 6.07) is 6.87. The average molecular weight is 276 g/mol. The van der Waals surface area contributed by atoms with Crippen LogP contribution in [0.5, 0.6) is 0 Å². The van der Waals surface area contributed by atoms with E-state index in [0.717, 1.165) is 5.69 Å². The van der Waals surface area contributed by atoms with E-state index in [9.17, 15) is 4.79 Å². The van der Waals surface area contributed by atoms with Crippen LogP contribution in [-0.4, -0.2) is 25.2 Å². The van der Waals surface area contributed by atoms with Crippen molar-refractivity contribution in [2.75, 3.05) is 0 Å². The number of nitrogens with one attached hydrogen (secondary N) is 1. The number of tetrazole rings is 1. The summed E-state index contributed by atoms with van der Waals surface area (Å²) in [7, 11) is 0. The van der Waals surface area contributed by atoms with Gasteiger partial charge in [-0.05, 0) is 19.1 Å². The second kappa shape index (κ2) is 4.47. The molecular formula is C12H10ClN5O. The summed E-state index contributed by atoms with van der Waals surface area (Å²) < 4.78 is 1.91. The molecule has 0 atom stereocenters. The molecule has 1 N–H and O–H groups in total. The van der Waals surface area contributed by atoms with Crippen molar-refractivity contribution in [3.63, 3.8) is 0 Å². The summed E-state index contributed by atoms with van der Waals surface area (Å²) in [5, 5.41) is 14.9. The molecule has 96 valence electrons. The van der Waals surface area contributed by atoms with Gasteiger partial charge in [0, 0.05) is 17.1 Å². The highest BCUT2D eigenvalue weighted by Gasteiger charge is 2.11. The van der Waals surface area contributed by atoms with E-state index in [-0.39, 0.29) is 5.43 Å². The first-order valence-corrected chi connectivity index (χ1v) is 6.05. The molecule has 0 aliphatic heterocycles. The highest BCUT2D eigenvalue weighted by Crippen LogP contribution is 2.22. The fraction of sp³-hybridized carbons (Fsp3) is 0.167. The molecule has 0 fully saturated rings. The Hall–Kier alpha value is -2.21. The molecule has 0 saturated carbocycles. The number of fused-ring (bicyclic) bond motifs is 1. The van der Waals surface area contributed by atoms with Crippen molar-refractivity contribution in [1.29, 1.82) is 0 Å². The Morgan fingerprint density at radius 2 is 2.26 bits per heavy atom. The Balaban J connectivity index is 2.31. The first kappa shape index (κ1) is 11.9. The molecule has 3 aromatic rings. The Morgan fingerprint density at radius 1 is 1.42 bits per heavy atom. The van der Waals surface area contributed by atoms with Crippen LogP contribution in [0.25, 0.3) is 10.9 Å². The third kappa shape index (κ3) is 2.00. The van der Waals surface area contributed by atoms with Crippen molar-refractivity contribution in [2.45, 2.75) is 13.5 Å². The van der Waals surface area contributed by atoms with Gasteiger partial charge in [0.15, 0.2) is 11.3 Å². The van der Waals surface area contributed by atoms with Gasteiger partial charge in [-0.15, -0.1) is 10.2 Å². The predicted octanol–water partition coefficient (Wildman–Crippen LogP) is 1.52. The van der Waals surface area contributed by atoms with E-state index in [0.29, 0.717) is 28.3 Å². The minimum Gasteiger partial charge on any atom is -0.336 e. The molecule has 0 aliphatic carbocycles. The van der Waals surface area contributed by atoms with Crippen molar-refractivity contribution >= 4 is 22.5 Å². The van der Waals surface area contributed by atoms with Crippen LogP contribution >= 0.6 is 11.6 Å². The van der Waals surface area contributed by atoms with Gasteiger partial charge in [0.05, 0.1) is 17.1 Å². The van der Waals surface area contributed by atoms with Crippen molar-refractivity contribution in [3.8, 4) is 0 Å². The normalized spacial score (nSPS) is 11.1. The molecule has 2 heterocycles. The molecular weight excluding hydrogens is 266 g/mol. The number of nitrogens with zero attached hydrogens (tertiary/aromatic N) is 4. The maximum Gasteiger partial charge on any atom is 0.194 e. The van der Waals surface area contributed by atoms with Crippen molar-refractivity contribution in [2.24, 2.45) is 0 Å². The van der Waals surface area contributed by atoms with Gasteiger partial charge in [-0.1, -0.05) is 22.9 Å². The quantitative estimate of drug-likeness (QED) is 0.769. The summed E-state index contributed by atoms with van der Waals surface area (Å²) in [6.07, 6.45) is 0. The molecule has 2 aromatic heterocycles. The maximum atomic E-state index is 12.0. The van der Waals surface area contributed by atoms with Crippen LogP contribution < -0.4 is 5.43 Å². The van der Waals surface area contributed by atoms with E-state index in [1.807, 2.05) is 11.5 Å². The molecule has 0 bridgehead atoms. The summed E-state index contributed by atoms with van der Waals surface area (Å²) in [5.74, 6) is 0.535. The minimum absolute atomic E-state index is 0.0423. The lowest BCUT2D eigenvalue weighted by atomic mass is 10.2. The van der Waals surface area contributed by atoms with Crippen LogP contribution in [0.3, 0.4) is 0 Å². The number of aromatic amines is 1. The van der Waals surface area contributed by atoms with E-state index < -0.39 is 0 Å². The fourth-order valence-electron chi connectivity index (χ4n) is 2.10. The Labute approximate surface area is 113 Å². The Kier molecular flexibility index (Phi) is 2.79. The van der Waals surface area contributed by atoms with E-state index in [1.165, 1.54) is 0 Å². The zero-order valence-corrected chi connectivity index (χ0v) is 10.8. The predicted molar refractivity (Wildman–Crippen MR) is 71.2 cm³/mol. The van der Waals surface area contributed by atoms with Crippen molar-refractivity contribution < 1.29 is 0 Å². The standard InChI is InChI=1S/C12H10ClN5O/c1-7-5-10(19)8-3-2-4-9(13)12(8)18(7)6-11-14-16-17-15-11/h2-5H,6H2,1H3,(H,14,15,16,17). The van der Waals surface area contributed by atoms with Crippen molar-refractivity contribution in [3.05, 3.63) is 51.0 Å². The van der Waals surface area contributed by atoms with Crippen LogP contribution in [0.15, 0.2) is 29.1 Å². The molecule has 6 nitrogen and oxygen atoms in total. The SMILES string of the molecule is Cc1cc(=O)c2cccc(Cl)c2n1Cc1nn[nH]n1. The summed E-state index contributed by atoms with van der Waals surface area (Å²) in [5.41, 5.74) is 1.45. The number of para-hydroxylation sites is 1. The zero-order valence-electron chi connectivity index (χ0n) is 10.1. The van der Waals surface area contributed by atoms with Crippen LogP contribution in [0.4, 0.5) is 0 Å². The van der Waals surface area contributed by atoms with E-state index in [1.54, 1.807) is 24.3 Å². The lowest BCUT2D eigenvalue weighted by Gasteiger charge is -2.13. The van der Waals surface area contributed by atoms with Gasteiger partial charge in [0.2, 0.25) is 0 Å². The number of hydrogen-bond donors (Lipinski definition) is 1. The Bertz CT molecular complexity index is 794. The van der Waals surface area contributed by atoms with Crippen LogP contribution in [0.1, 0.15) is 11.5 Å². The first-order chi connectivity index (χ1) is 9.16. The smallest absolute Gasteiger partial charge is 0.194 e. The van der Waals surface area contributed by atoms with Gasteiger partial charge < -0.3 is 4.57 Å². The van der Waals surface area contributed by atoms with E-state index in [4.69, 9.17) is 11.6 Å². The van der Waals surface area contributed by atoms with Gasteiger partial charge in [-0.2, -0.15) is 5.21 Å². The topological polar surface area (TPSA) is 76.5 Å². The highest BCUT2D eigenvalue weighted by molar-refractivity contribution is 6.35. The summed E-state index contributed by atoms with van der Waals surface area (Å²) in [4.78, 5) is 12.0. The molecule has 1 aromatic carbocycles. The largest absolute Gasteiger partial charge is 0.336 e. The third-order valence-electron chi connectivity index (χ3n) is 2.98. The Morgan fingerprint density at radius 3 is 3.00 bits per heavy atom. The molecule has 0 unspecified atom stereocenters. The van der Waals surface area contributed by atoms with Gasteiger partial charge in [0.25, 0.3) is 0 Å². The number of pyridine rings is 1. The number of rotatable bonds is 2. The van der Waals surface area contributed by atoms with E-state index >= 15 is 0 Å². The summed E-state index contributed by atoms with van der Waals surface area (Å²) >= 11 is 6.22. The molecule has 0 spiro atoms. The monoisotopic (exact) mass is 275 g/mol. The molecule has 0 aliphatic rings. The number of aromatic nitrogens is 5. The number of aryl methyl sites for hydroxylation is 1. The molecule has 7 heteroatoms. The molecule has 0 saturated heterocycles. The maximum absolute atomic E-state index is 12.0. The van der Waals surface area contributed by atoms with Gasteiger partial charge in [0.1, 0.15) is 0 Å². The third-order valence-corrected chi connectivity index (χ3v) is 3.28. The average Bonchev–Trinajstić information content (AvgIpc) is 2.87. The van der Waals surface area contributed by atoms with Crippen LogP contribution in [0, 0.1) is 6.92 Å². The number of H-pyrrole nitrogens is 1. The number of halogens is 1. The van der Waals surface area contributed by atoms with Gasteiger partial charge in [-0.3, -0.25) is 4.79 Å². The highest BCUT2D eigenvalue weighted by atomic mass is 35.5. The molecule has 0 amide bonds. The second-order valence-corrected chi connectivity index (χ2v) is 4.61. The first-order valence-electron chi connectivity index (χ1n) is 5.68. The number of hydrogen-bond acceptors (Lipinski definition) is 4. The molecule has 3 rings (SSSR count). The molecule has 19 heavy (non-hydrogen) atoms. The summed E-state index contributed by atoms with van der Waals surface area (Å²) in [6.45, 7) is 2.26. The van der Waals surface area contributed by atoms with Gasteiger partial charge >= 0.3 is 0 Å². The fourth-order valence-corrected chi connectivity index (χ4v) is 2.38. The van der Waals surface area contributed by atoms with Crippen LogP contribution in [-0.2, 0) is 6.54 Å². The lowest BCUT2D eigenvalue weighted by molar-refractivity contribution is 0.743. The van der Waals surface area contributed by atoms with Gasteiger partial charge in [-0.25, -0.2) is 0 Å². The van der Waals surface area contributed by atoms with Crippen molar-refractivity contribution in [1.82, 2.24) is 25.2 Å². The molecule has 0 radical (unpaired) electrons. The second-order valence-electron chi connectivity index (χ2n) is 4.20. The zero-order chi connectivity index (χ0) is 13.4. The van der Waals surface area contributed by atoms with E-state index in [2.05, 4.69) is 20.6 Å².